The molecular formula is C28H33N5O2. The number of para-hydroxylation sites is 1. The molecule has 3 atom stereocenters. The van der Waals surface area contributed by atoms with E-state index in [0.29, 0.717) is 17.2 Å². The second kappa shape index (κ2) is 8.69. The number of amides is 2. The van der Waals surface area contributed by atoms with E-state index < -0.39 is 5.41 Å². The molecule has 35 heavy (non-hydrogen) atoms. The van der Waals surface area contributed by atoms with Gasteiger partial charge >= 0.3 is 0 Å². The molecule has 2 aromatic rings. The minimum atomic E-state index is -0.502. The molecule has 1 aliphatic carbocycles. The van der Waals surface area contributed by atoms with Gasteiger partial charge in [0.1, 0.15) is 6.07 Å². The molecule has 2 fully saturated rings. The molecule has 0 aromatic heterocycles. The highest BCUT2D eigenvalue weighted by atomic mass is 16.2. The first kappa shape index (κ1) is 23.4. The van der Waals surface area contributed by atoms with Gasteiger partial charge in [0, 0.05) is 62.0 Å². The average Bonchev–Trinajstić information content (AvgIpc) is 3.64. The van der Waals surface area contributed by atoms with E-state index >= 15 is 0 Å². The van der Waals surface area contributed by atoms with Crippen molar-refractivity contribution in [3.63, 3.8) is 0 Å². The van der Waals surface area contributed by atoms with Crippen molar-refractivity contribution in [1.29, 1.82) is 5.26 Å². The Kier molecular flexibility index (Phi) is 5.80. The first-order valence-corrected chi connectivity index (χ1v) is 12.4. The van der Waals surface area contributed by atoms with Crippen LogP contribution in [0.3, 0.4) is 0 Å². The van der Waals surface area contributed by atoms with E-state index in [2.05, 4.69) is 39.4 Å². The number of nitriles is 1. The van der Waals surface area contributed by atoms with Crippen LogP contribution in [0, 0.1) is 28.6 Å². The predicted molar refractivity (Wildman–Crippen MR) is 137 cm³/mol. The quantitative estimate of drug-likeness (QED) is 0.732. The van der Waals surface area contributed by atoms with E-state index in [1.54, 1.807) is 6.07 Å². The number of benzene rings is 2. The summed E-state index contributed by atoms with van der Waals surface area (Å²) in [5.41, 5.74) is 3.89. The van der Waals surface area contributed by atoms with E-state index in [0.717, 1.165) is 44.0 Å². The fourth-order valence-electron chi connectivity index (χ4n) is 5.49. The van der Waals surface area contributed by atoms with Gasteiger partial charge in [0.2, 0.25) is 11.8 Å². The number of nitrogens with one attached hydrogen (secondary N) is 1. The highest BCUT2D eigenvalue weighted by Gasteiger charge is 2.54. The van der Waals surface area contributed by atoms with Crippen molar-refractivity contribution < 1.29 is 9.59 Å². The van der Waals surface area contributed by atoms with Crippen molar-refractivity contribution in [2.24, 2.45) is 17.3 Å². The minimum Gasteiger partial charge on any atom is -0.368 e. The van der Waals surface area contributed by atoms with E-state index in [4.69, 9.17) is 0 Å². The van der Waals surface area contributed by atoms with Crippen LogP contribution in [-0.2, 0) is 9.59 Å². The van der Waals surface area contributed by atoms with Crippen molar-refractivity contribution in [2.75, 3.05) is 48.3 Å². The Balaban J connectivity index is 1.32. The van der Waals surface area contributed by atoms with Crippen LogP contribution in [0.25, 0.3) is 0 Å². The monoisotopic (exact) mass is 471 g/mol. The van der Waals surface area contributed by atoms with Crippen LogP contribution in [0.4, 0.5) is 17.1 Å². The third-order valence-corrected chi connectivity index (χ3v) is 7.61. The summed E-state index contributed by atoms with van der Waals surface area (Å²) in [5.74, 6) is 0.659. The number of nitrogens with zero attached hydrogens (tertiary/aromatic N) is 4. The lowest BCUT2D eigenvalue weighted by atomic mass is 9.95. The molecule has 182 valence electrons. The number of carbonyl (C=O) groups is 2. The lowest BCUT2D eigenvalue weighted by Crippen LogP contribution is -2.48. The van der Waals surface area contributed by atoms with Crippen LogP contribution in [0.1, 0.15) is 44.4 Å². The standard InChI is InChI=1S/C28H33N5O2/c1-28(2,3)27(35)30-19-9-10-23(18(15-19)17-29)32-11-13-33(14-12-32)25-20-7-5-6-8-24(20)31(4)26(34)22-16-21(22)25/h5-10,15,21-22,25H,11-14,16H2,1-4H3,(H,30,35). The van der Waals surface area contributed by atoms with Crippen LogP contribution in [0.5, 0.6) is 0 Å². The van der Waals surface area contributed by atoms with Crippen molar-refractivity contribution >= 4 is 28.9 Å². The third kappa shape index (κ3) is 4.28. The third-order valence-electron chi connectivity index (χ3n) is 7.61. The normalized spacial score (nSPS) is 24.2. The number of hydrogen-bond acceptors (Lipinski definition) is 5. The molecule has 3 unspecified atom stereocenters. The topological polar surface area (TPSA) is 79.7 Å². The zero-order valence-corrected chi connectivity index (χ0v) is 20.9. The highest BCUT2D eigenvalue weighted by Crippen LogP contribution is 2.55. The summed E-state index contributed by atoms with van der Waals surface area (Å²) in [6.07, 6.45) is 0.961. The molecule has 7 heteroatoms. The van der Waals surface area contributed by atoms with Crippen LogP contribution in [0.15, 0.2) is 42.5 Å². The molecule has 0 bridgehead atoms. The molecule has 2 heterocycles. The minimum absolute atomic E-state index is 0.0751. The molecule has 2 aromatic carbocycles. The number of anilines is 3. The molecule has 2 amide bonds. The molecule has 1 saturated heterocycles. The van der Waals surface area contributed by atoms with Crippen molar-refractivity contribution in [3.05, 3.63) is 53.6 Å². The number of hydrogen-bond donors (Lipinski definition) is 1. The van der Waals surface area contributed by atoms with Gasteiger partial charge in [-0.1, -0.05) is 39.0 Å². The van der Waals surface area contributed by atoms with E-state index in [1.807, 2.05) is 50.9 Å². The number of fused-ring (bicyclic) bond motifs is 2. The Morgan fingerprint density at radius 1 is 1.06 bits per heavy atom. The van der Waals surface area contributed by atoms with Gasteiger partial charge in [-0.25, -0.2) is 0 Å². The predicted octanol–water partition coefficient (Wildman–Crippen LogP) is 4.02. The van der Waals surface area contributed by atoms with Crippen LogP contribution >= 0.6 is 0 Å². The van der Waals surface area contributed by atoms with Gasteiger partial charge in [-0.3, -0.25) is 14.5 Å². The Morgan fingerprint density at radius 3 is 2.46 bits per heavy atom. The summed E-state index contributed by atoms with van der Waals surface area (Å²) in [4.78, 5) is 31.9. The van der Waals surface area contributed by atoms with Gasteiger partial charge in [-0.15, -0.1) is 0 Å². The maximum absolute atomic E-state index is 12.9. The first-order valence-electron chi connectivity index (χ1n) is 12.4. The number of piperazine rings is 1. The lowest BCUT2D eigenvalue weighted by molar-refractivity contribution is -0.123. The van der Waals surface area contributed by atoms with Gasteiger partial charge in [0.25, 0.3) is 0 Å². The Hall–Kier alpha value is -3.37. The fraction of sp³-hybridized carbons (Fsp3) is 0.464. The summed E-state index contributed by atoms with van der Waals surface area (Å²) < 4.78 is 0. The molecular weight excluding hydrogens is 438 g/mol. The second-order valence-corrected chi connectivity index (χ2v) is 11.0. The average molecular weight is 472 g/mol. The lowest BCUT2D eigenvalue weighted by Gasteiger charge is -2.41. The van der Waals surface area contributed by atoms with Gasteiger partial charge in [0.15, 0.2) is 0 Å². The Morgan fingerprint density at radius 2 is 1.77 bits per heavy atom. The number of carbonyl (C=O) groups excluding carboxylic acids is 2. The van der Waals surface area contributed by atoms with Crippen LogP contribution in [-0.4, -0.2) is 49.9 Å². The Bertz CT molecular complexity index is 1200. The summed E-state index contributed by atoms with van der Waals surface area (Å²) in [6.45, 7) is 8.95. The zero-order chi connectivity index (χ0) is 24.9. The van der Waals surface area contributed by atoms with Crippen molar-refractivity contribution in [2.45, 2.75) is 33.2 Å². The molecule has 2 aliphatic heterocycles. The Labute approximate surface area is 207 Å². The SMILES string of the molecule is CN1C(=O)C2CC2C(N2CCN(c3ccc(NC(=O)C(C)(C)C)cc3C#N)CC2)c2ccccc21. The van der Waals surface area contributed by atoms with Gasteiger partial charge in [-0.05, 0) is 42.2 Å². The largest absolute Gasteiger partial charge is 0.368 e. The summed E-state index contributed by atoms with van der Waals surface area (Å²) in [6, 6.07) is 16.5. The molecule has 1 N–H and O–H groups in total. The molecule has 3 aliphatic rings. The maximum atomic E-state index is 12.9. The highest BCUT2D eigenvalue weighted by molar-refractivity contribution is 5.98. The molecule has 5 rings (SSSR count). The van der Waals surface area contributed by atoms with Gasteiger partial charge in [-0.2, -0.15) is 5.26 Å². The first-order chi connectivity index (χ1) is 16.7. The molecule has 0 spiro atoms. The van der Waals surface area contributed by atoms with Crippen molar-refractivity contribution in [3.8, 4) is 6.07 Å². The van der Waals surface area contributed by atoms with Crippen molar-refractivity contribution in [1.82, 2.24) is 4.90 Å². The van der Waals surface area contributed by atoms with E-state index in [-0.39, 0.29) is 23.8 Å². The molecule has 7 nitrogen and oxygen atoms in total. The van der Waals surface area contributed by atoms with E-state index in [9.17, 15) is 14.9 Å². The molecule has 1 saturated carbocycles. The van der Waals surface area contributed by atoms with Crippen LogP contribution in [0.2, 0.25) is 0 Å². The van der Waals surface area contributed by atoms with E-state index in [1.165, 1.54) is 5.56 Å². The van der Waals surface area contributed by atoms with Gasteiger partial charge in [0.05, 0.1) is 11.3 Å². The molecule has 0 radical (unpaired) electrons. The summed E-state index contributed by atoms with van der Waals surface area (Å²) in [7, 11) is 1.90. The fourth-order valence-corrected chi connectivity index (χ4v) is 5.49. The van der Waals surface area contributed by atoms with Crippen LogP contribution < -0.4 is 15.1 Å². The number of rotatable bonds is 3. The summed E-state index contributed by atoms with van der Waals surface area (Å²) >= 11 is 0. The second-order valence-electron chi connectivity index (χ2n) is 11.0. The van der Waals surface area contributed by atoms with Gasteiger partial charge < -0.3 is 15.1 Å². The summed E-state index contributed by atoms with van der Waals surface area (Å²) in [5, 5.41) is 12.7. The smallest absolute Gasteiger partial charge is 0.230 e. The maximum Gasteiger partial charge on any atom is 0.230 e. The zero-order valence-electron chi connectivity index (χ0n) is 20.9.